The van der Waals surface area contributed by atoms with Crippen molar-refractivity contribution in [2.45, 2.75) is 31.9 Å². The third kappa shape index (κ3) is 5.01. The number of aliphatic carboxylic acids is 1. The first-order valence-electron chi connectivity index (χ1n) is 12.0. The van der Waals surface area contributed by atoms with Crippen molar-refractivity contribution in [1.29, 1.82) is 0 Å². The number of carbonyl (C=O) groups is 1. The number of fused-ring (bicyclic) bond motifs is 2. The molecule has 182 valence electrons. The quantitative estimate of drug-likeness (QED) is 0.370. The van der Waals surface area contributed by atoms with E-state index in [0.29, 0.717) is 31.7 Å². The number of hydrogen-bond acceptors (Lipinski definition) is 6. The predicted molar refractivity (Wildman–Crippen MR) is 133 cm³/mol. The Bertz CT molecular complexity index is 1300. The number of aromatic nitrogens is 1. The van der Waals surface area contributed by atoms with Gasteiger partial charge in [0.1, 0.15) is 17.1 Å². The van der Waals surface area contributed by atoms with Gasteiger partial charge in [-0.25, -0.2) is 0 Å². The first-order valence-corrected chi connectivity index (χ1v) is 12.0. The Morgan fingerprint density at radius 2 is 2.09 bits per heavy atom. The number of aliphatic hydroxyl groups excluding tert-OH is 1. The van der Waals surface area contributed by atoms with Gasteiger partial charge in [0, 0.05) is 17.3 Å². The maximum absolute atomic E-state index is 12.1. The maximum atomic E-state index is 12.1. The fraction of sp³-hybridized carbons (Fsp3) is 0.357. The number of carboxylic acids is 1. The van der Waals surface area contributed by atoms with Crippen molar-refractivity contribution in [1.82, 2.24) is 9.88 Å². The van der Waals surface area contributed by atoms with Gasteiger partial charge < -0.3 is 19.4 Å². The molecule has 0 radical (unpaired) electrons. The molecule has 4 aromatic rings. The number of furan rings is 1. The number of carboxylic acid groups (broad SMARTS) is 1. The van der Waals surface area contributed by atoms with Crippen molar-refractivity contribution in [2.75, 3.05) is 20.2 Å². The maximum Gasteiger partial charge on any atom is 0.308 e. The Morgan fingerprint density at radius 1 is 1.23 bits per heavy atom. The lowest BCUT2D eigenvalue weighted by Crippen LogP contribution is -2.43. The highest BCUT2D eigenvalue weighted by Crippen LogP contribution is 2.34. The van der Waals surface area contributed by atoms with Crippen LogP contribution in [0.5, 0.6) is 5.75 Å². The smallest absolute Gasteiger partial charge is 0.308 e. The third-order valence-electron chi connectivity index (χ3n) is 7.15. The molecule has 7 heteroatoms. The number of nitrogens with zero attached hydrogens (tertiary/aromatic N) is 2. The molecule has 35 heavy (non-hydrogen) atoms. The molecule has 2 N–H and O–H groups in total. The molecule has 0 amide bonds. The molecular formula is C28H30N2O5. The van der Waals surface area contributed by atoms with Crippen LogP contribution in [0.15, 0.2) is 65.2 Å². The molecule has 1 aliphatic heterocycles. The van der Waals surface area contributed by atoms with Crippen LogP contribution in [0.4, 0.5) is 0 Å². The molecule has 0 spiro atoms. The van der Waals surface area contributed by atoms with Gasteiger partial charge >= 0.3 is 5.97 Å². The summed E-state index contributed by atoms with van der Waals surface area (Å²) in [5.74, 6) is 0.244. The van der Waals surface area contributed by atoms with E-state index < -0.39 is 18.0 Å². The van der Waals surface area contributed by atoms with E-state index in [2.05, 4.69) is 9.88 Å². The highest BCUT2D eigenvalue weighted by atomic mass is 16.5. The van der Waals surface area contributed by atoms with E-state index in [0.717, 1.165) is 46.2 Å². The molecule has 3 atom stereocenters. The summed E-state index contributed by atoms with van der Waals surface area (Å²) in [5.41, 5.74) is 2.44. The number of hydrogen-bond donors (Lipinski definition) is 2. The lowest BCUT2D eigenvalue weighted by atomic mass is 9.81. The van der Waals surface area contributed by atoms with Crippen molar-refractivity contribution in [3.8, 4) is 5.75 Å². The van der Waals surface area contributed by atoms with Gasteiger partial charge in [-0.15, -0.1) is 0 Å². The Hall–Kier alpha value is -3.42. The van der Waals surface area contributed by atoms with E-state index in [1.807, 2.05) is 54.6 Å². The minimum absolute atomic E-state index is 0.0108. The molecule has 3 heterocycles. The van der Waals surface area contributed by atoms with Crippen molar-refractivity contribution < 1.29 is 24.2 Å². The average Bonchev–Trinajstić information content (AvgIpc) is 3.29. The number of ether oxygens (including phenoxy) is 1. The van der Waals surface area contributed by atoms with Crippen LogP contribution in [0.1, 0.15) is 36.7 Å². The zero-order valence-electron chi connectivity index (χ0n) is 19.8. The molecule has 2 aromatic heterocycles. The van der Waals surface area contributed by atoms with Crippen molar-refractivity contribution in [3.05, 3.63) is 72.1 Å². The van der Waals surface area contributed by atoms with Crippen LogP contribution in [0, 0.1) is 11.8 Å². The third-order valence-corrected chi connectivity index (χ3v) is 7.15. The summed E-state index contributed by atoms with van der Waals surface area (Å²) in [5, 5.41) is 22.9. The molecular weight excluding hydrogens is 444 g/mol. The number of pyridine rings is 1. The van der Waals surface area contributed by atoms with Crippen LogP contribution in [0.3, 0.4) is 0 Å². The second kappa shape index (κ2) is 10.1. The molecule has 5 rings (SSSR count). The summed E-state index contributed by atoms with van der Waals surface area (Å²) < 4.78 is 11.2. The lowest BCUT2D eigenvalue weighted by Gasteiger charge is -2.36. The highest BCUT2D eigenvalue weighted by Gasteiger charge is 2.34. The lowest BCUT2D eigenvalue weighted by molar-refractivity contribution is -0.146. The van der Waals surface area contributed by atoms with E-state index in [1.165, 1.54) is 0 Å². The largest absolute Gasteiger partial charge is 0.495 e. The summed E-state index contributed by atoms with van der Waals surface area (Å²) in [6.07, 6.45) is 2.87. The van der Waals surface area contributed by atoms with Gasteiger partial charge in [-0.3, -0.25) is 14.7 Å². The van der Waals surface area contributed by atoms with Crippen LogP contribution >= 0.6 is 0 Å². The minimum atomic E-state index is -0.780. The van der Waals surface area contributed by atoms with Crippen molar-refractivity contribution in [3.63, 3.8) is 0 Å². The van der Waals surface area contributed by atoms with E-state index in [9.17, 15) is 15.0 Å². The van der Waals surface area contributed by atoms with Gasteiger partial charge in [-0.2, -0.15) is 0 Å². The van der Waals surface area contributed by atoms with Gasteiger partial charge in [0.15, 0.2) is 0 Å². The van der Waals surface area contributed by atoms with Crippen LogP contribution in [0.25, 0.3) is 21.9 Å². The predicted octanol–water partition coefficient (Wildman–Crippen LogP) is 5.03. The zero-order chi connectivity index (χ0) is 24.4. The fourth-order valence-electron chi connectivity index (χ4n) is 5.25. The molecule has 0 aliphatic carbocycles. The van der Waals surface area contributed by atoms with Crippen LogP contribution in [0.2, 0.25) is 0 Å². The van der Waals surface area contributed by atoms with Gasteiger partial charge in [-0.05, 0) is 61.6 Å². The first kappa shape index (κ1) is 23.3. The second-order valence-corrected chi connectivity index (χ2v) is 9.36. The van der Waals surface area contributed by atoms with E-state index in [1.54, 1.807) is 13.3 Å². The minimum Gasteiger partial charge on any atom is -0.495 e. The number of benzene rings is 2. The Kier molecular flexibility index (Phi) is 6.70. The monoisotopic (exact) mass is 474 g/mol. The van der Waals surface area contributed by atoms with Gasteiger partial charge in [0.05, 0.1) is 37.4 Å². The zero-order valence-corrected chi connectivity index (χ0v) is 19.8. The van der Waals surface area contributed by atoms with Gasteiger partial charge in [0.25, 0.3) is 0 Å². The molecule has 0 saturated carbocycles. The normalized spacial score (nSPS) is 19.7. The number of likely N-dealkylation sites (tertiary alicyclic amines) is 1. The van der Waals surface area contributed by atoms with Gasteiger partial charge in [0.2, 0.25) is 0 Å². The number of para-hydroxylation sites is 1. The molecule has 7 nitrogen and oxygen atoms in total. The van der Waals surface area contributed by atoms with Crippen molar-refractivity contribution in [2.24, 2.45) is 11.8 Å². The summed E-state index contributed by atoms with van der Waals surface area (Å²) >= 11 is 0. The van der Waals surface area contributed by atoms with Crippen LogP contribution in [-0.2, 0) is 11.3 Å². The van der Waals surface area contributed by atoms with E-state index in [4.69, 9.17) is 9.15 Å². The number of rotatable bonds is 8. The average molecular weight is 475 g/mol. The SMILES string of the molecule is COc1cnc2cccc(C(O)CC[C@@H]3CCN(Cc4cc5ccccc5o4)C[C@@H]3C(=O)O)c2c1. The van der Waals surface area contributed by atoms with E-state index >= 15 is 0 Å². The van der Waals surface area contributed by atoms with Crippen LogP contribution in [-0.4, -0.2) is 46.3 Å². The Morgan fingerprint density at radius 3 is 2.89 bits per heavy atom. The Balaban J connectivity index is 1.24. The molecule has 1 saturated heterocycles. The standard InChI is InChI=1S/C28H30N2O5/c1-34-20-14-23-22(6-4-7-25(23)29-15-20)26(31)10-9-18-11-12-30(17-24(18)28(32)33)16-21-13-19-5-2-3-8-27(19)35-21/h2-8,13-15,18,24,26,31H,9-12,16-17H2,1H3,(H,32,33)/t18-,24+,26?/m1/s1. The number of methoxy groups -OCH3 is 1. The topological polar surface area (TPSA) is 96.0 Å². The molecule has 1 unspecified atom stereocenters. The van der Waals surface area contributed by atoms with Gasteiger partial charge in [-0.1, -0.05) is 30.3 Å². The first-order chi connectivity index (χ1) is 17.0. The van der Waals surface area contributed by atoms with Crippen molar-refractivity contribution >= 4 is 27.8 Å². The molecule has 1 aliphatic rings. The summed E-state index contributed by atoms with van der Waals surface area (Å²) in [7, 11) is 1.59. The fourth-order valence-corrected chi connectivity index (χ4v) is 5.25. The summed E-state index contributed by atoms with van der Waals surface area (Å²) in [4.78, 5) is 18.7. The second-order valence-electron chi connectivity index (χ2n) is 9.36. The summed E-state index contributed by atoms with van der Waals surface area (Å²) in [6.45, 7) is 1.87. The Labute approximate surface area is 203 Å². The molecule has 2 aromatic carbocycles. The number of piperidine rings is 1. The van der Waals surface area contributed by atoms with E-state index in [-0.39, 0.29) is 5.92 Å². The molecule has 1 fully saturated rings. The van der Waals surface area contributed by atoms with Crippen LogP contribution < -0.4 is 4.74 Å². The highest BCUT2D eigenvalue weighted by molar-refractivity contribution is 5.83. The number of aliphatic hydroxyl groups is 1. The summed E-state index contributed by atoms with van der Waals surface area (Å²) in [6, 6.07) is 17.5. The molecule has 0 bridgehead atoms.